The second-order valence-corrected chi connectivity index (χ2v) is 6.15. The van der Waals surface area contributed by atoms with Gasteiger partial charge in [0.15, 0.2) is 0 Å². The first-order chi connectivity index (χ1) is 9.73. The fourth-order valence-electron chi connectivity index (χ4n) is 1.67. The van der Waals surface area contributed by atoms with Gasteiger partial charge in [0.1, 0.15) is 0 Å². The van der Waals surface area contributed by atoms with E-state index < -0.39 is 26.7 Å². The summed E-state index contributed by atoms with van der Waals surface area (Å²) in [5.41, 5.74) is 4.34. The Labute approximate surface area is 121 Å². The summed E-state index contributed by atoms with van der Waals surface area (Å²) < 4.78 is 68.5. The lowest BCUT2D eigenvalue weighted by Gasteiger charge is -2.21. The summed E-state index contributed by atoms with van der Waals surface area (Å²) in [6.45, 7) is 0.203. The van der Waals surface area contributed by atoms with Gasteiger partial charge in [-0.25, -0.2) is 8.42 Å². The molecule has 0 aliphatic rings. The normalized spacial score (nSPS) is 12.9. The summed E-state index contributed by atoms with van der Waals surface area (Å²) in [6, 6.07) is 3.63. The van der Waals surface area contributed by atoms with E-state index in [0.717, 1.165) is 22.5 Å². The van der Waals surface area contributed by atoms with Gasteiger partial charge in [0.25, 0.3) is 0 Å². The number of alkyl halides is 3. The van der Waals surface area contributed by atoms with E-state index in [4.69, 9.17) is 10.5 Å². The highest BCUT2D eigenvalue weighted by Gasteiger charge is 2.32. The number of sulfonamides is 1. The van der Waals surface area contributed by atoms with Crippen molar-refractivity contribution in [1.29, 1.82) is 0 Å². The number of hydrogen-bond acceptors (Lipinski definition) is 4. The largest absolute Gasteiger partial charge is 0.416 e. The molecule has 5 nitrogen and oxygen atoms in total. The Hall–Kier alpha value is -1.16. The maximum absolute atomic E-state index is 12.7. The molecule has 0 atom stereocenters. The van der Waals surface area contributed by atoms with Crippen molar-refractivity contribution in [3.8, 4) is 0 Å². The van der Waals surface area contributed by atoms with Gasteiger partial charge in [-0.3, -0.25) is 0 Å². The highest BCUT2D eigenvalue weighted by molar-refractivity contribution is 7.89. The first-order valence-corrected chi connectivity index (χ1v) is 7.54. The number of hydrogen-bond donors (Lipinski definition) is 1. The molecule has 0 aromatic heterocycles. The maximum Gasteiger partial charge on any atom is 0.416 e. The van der Waals surface area contributed by atoms with Gasteiger partial charge in [-0.2, -0.15) is 17.5 Å². The quantitative estimate of drug-likeness (QED) is 0.820. The molecule has 1 aromatic rings. The summed E-state index contributed by atoms with van der Waals surface area (Å²) in [4.78, 5) is -0.415. The third-order valence-corrected chi connectivity index (χ3v) is 4.62. The molecular weight excluding hydrogens is 309 g/mol. The number of methoxy groups -OCH3 is 1. The average Bonchev–Trinajstić information content (AvgIpc) is 2.42. The third kappa shape index (κ3) is 4.67. The minimum atomic E-state index is -4.60. The molecule has 0 spiro atoms. The van der Waals surface area contributed by atoms with E-state index in [1.807, 2.05) is 0 Å². The number of halogens is 3. The summed E-state index contributed by atoms with van der Waals surface area (Å²) in [5, 5.41) is 0. The average molecular weight is 326 g/mol. The Morgan fingerprint density at radius 1 is 1.29 bits per heavy atom. The van der Waals surface area contributed by atoms with Crippen molar-refractivity contribution in [3.05, 3.63) is 29.8 Å². The van der Waals surface area contributed by atoms with Crippen molar-refractivity contribution in [2.75, 3.05) is 33.4 Å². The topological polar surface area (TPSA) is 72.6 Å². The molecule has 120 valence electrons. The molecule has 0 aliphatic heterocycles. The minimum absolute atomic E-state index is 0.00192. The maximum atomic E-state index is 12.7. The molecule has 0 bridgehead atoms. The molecular formula is C12H17F3N2O3S. The predicted molar refractivity (Wildman–Crippen MR) is 71.1 cm³/mol. The van der Waals surface area contributed by atoms with Crippen molar-refractivity contribution in [3.63, 3.8) is 0 Å². The molecule has 0 saturated carbocycles. The number of ether oxygens (including phenoxy) is 1. The van der Waals surface area contributed by atoms with E-state index in [1.54, 1.807) is 0 Å². The van der Waals surface area contributed by atoms with Crippen LogP contribution in [0.5, 0.6) is 0 Å². The van der Waals surface area contributed by atoms with Crippen molar-refractivity contribution in [2.24, 2.45) is 5.73 Å². The fourth-order valence-corrected chi connectivity index (χ4v) is 3.16. The monoisotopic (exact) mass is 326 g/mol. The van der Waals surface area contributed by atoms with E-state index >= 15 is 0 Å². The van der Waals surface area contributed by atoms with Gasteiger partial charge < -0.3 is 10.5 Å². The first kappa shape index (κ1) is 17.9. The molecule has 0 aliphatic carbocycles. The smallest absolute Gasteiger partial charge is 0.383 e. The fraction of sp³-hybridized carbons (Fsp3) is 0.500. The molecule has 9 heteroatoms. The van der Waals surface area contributed by atoms with Crippen LogP contribution in [0.3, 0.4) is 0 Å². The number of rotatable bonds is 7. The van der Waals surface area contributed by atoms with Crippen LogP contribution >= 0.6 is 0 Å². The predicted octanol–water partition coefficient (Wildman–Crippen LogP) is 1.30. The number of nitrogens with zero attached hydrogens (tertiary/aromatic N) is 1. The summed E-state index contributed by atoms with van der Waals surface area (Å²) in [6.07, 6.45) is -4.60. The Kier molecular flexibility index (Phi) is 6.14. The first-order valence-electron chi connectivity index (χ1n) is 6.10. The van der Waals surface area contributed by atoms with Crippen LogP contribution in [0.25, 0.3) is 0 Å². The summed E-state index contributed by atoms with van der Waals surface area (Å²) in [7, 11) is -2.64. The van der Waals surface area contributed by atoms with E-state index in [2.05, 4.69) is 0 Å². The second kappa shape index (κ2) is 7.21. The van der Waals surface area contributed by atoms with E-state index in [1.165, 1.54) is 7.11 Å². The number of benzene rings is 1. The van der Waals surface area contributed by atoms with Crippen LogP contribution in [-0.4, -0.2) is 46.1 Å². The Bertz CT molecular complexity index is 561. The standard InChI is InChI=1S/C12H17F3N2O3S/c1-20-8-7-17(6-5-16)21(18,19)11-4-2-3-10(9-11)12(13,14)15/h2-4,9H,5-8,16H2,1H3. The zero-order chi connectivity index (χ0) is 16.1. The lowest BCUT2D eigenvalue weighted by molar-refractivity contribution is -0.137. The van der Waals surface area contributed by atoms with E-state index in [-0.39, 0.29) is 26.2 Å². The summed E-state index contributed by atoms with van der Waals surface area (Å²) in [5.74, 6) is 0. The third-order valence-electron chi connectivity index (χ3n) is 2.72. The van der Waals surface area contributed by atoms with Crippen LogP contribution < -0.4 is 5.73 Å². The SMILES string of the molecule is COCCN(CCN)S(=O)(=O)c1cccc(C(F)(F)F)c1. The van der Waals surface area contributed by atoms with E-state index in [9.17, 15) is 21.6 Å². The molecule has 0 saturated heterocycles. The van der Waals surface area contributed by atoms with Crippen LogP contribution in [0.4, 0.5) is 13.2 Å². The van der Waals surface area contributed by atoms with Gasteiger partial charge in [-0.05, 0) is 18.2 Å². The van der Waals surface area contributed by atoms with Crippen molar-refractivity contribution >= 4 is 10.0 Å². The summed E-state index contributed by atoms with van der Waals surface area (Å²) >= 11 is 0. The van der Waals surface area contributed by atoms with Crippen molar-refractivity contribution < 1.29 is 26.3 Å². The lowest BCUT2D eigenvalue weighted by Crippen LogP contribution is -2.37. The zero-order valence-electron chi connectivity index (χ0n) is 11.4. The molecule has 0 amide bonds. The molecule has 1 rings (SSSR count). The van der Waals surface area contributed by atoms with Gasteiger partial charge in [-0.15, -0.1) is 0 Å². The molecule has 1 aromatic carbocycles. The molecule has 0 radical (unpaired) electrons. The zero-order valence-corrected chi connectivity index (χ0v) is 12.2. The second-order valence-electron chi connectivity index (χ2n) is 4.21. The van der Waals surface area contributed by atoms with Gasteiger partial charge in [0.05, 0.1) is 17.1 Å². The van der Waals surface area contributed by atoms with Gasteiger partial charge in [-0.1, -0.05) is 6.07 Å². The van der Waals surface area contributed by atoms with Crippen molar-refractivity contribution in [2.45, 2.75) is 11.1 Å². The Morgan fingerprint density at radius 3 is 2.48 bits per heavy atom. The van der Waals surface area contributed by atoms with Gasteiger partial charge >= 0.3 is 6.18 Å². The molecule has 0 heterocycles. The molecule has 0 fully saturated rings. The van der Waals surface area contributed by atoms with Gasteiger partial charge in [0, 0.05) is 26.7 Å². The van der Waals surface area contributed by atoms with Crippen molar-refractivity contribution in [1.82, 2.24) is 4.31 Å². The van der Waals surface area contributed by atoms with Crippen LogP contribution in [0.2, 0.25) is 0 Å². The Balaban J connectivity index is 3.15. The highest BCUT2D eigenvalue weighted by atomic mass is 32.2. The van der Waals surface area contributed by atoms with Crippen LogP contribution in [0.1, 0.15) is 5.56 Å². The van der Waals surface area contributed by atoms with Gasteiger partial charge in [0.2, 0.25) is 10.0 Å². The van der Waals surface area contributed by atoms with Crippen LogP contribution in [-0.2, 0) is 20.9 Å². The van der Waals surface area contributed by atoms with Crippen LogP contribution in [0, 0.1) is 0 Å². The molecule has 21 heavy (non-hydrogen) atoms. The Morgan fingerprint density at radius 2 is 1.95 bits per heavy atom. The molecule has 0 unspecified atom stereocenters. The van der Waals surface area contributed by atoms with E-state index in [0.29, 0.717) is 6.07 Å². The minimum Gasteiger partial charge on any atom is -0.383 e. The molecule has 2 N–H and O–H groups in total. The lowest BCUT2D eigenvalue weighted by atomic mass is 10.2. The number of nitrogens with two attached hydrogens (primary N) is 1. The highest BCUT2D eigenvalue weighted by Crippen LogP contribution is 2.31. The van der Waals surface area contributed by atoms with Crippen LogP contribution in [0.15, 0.2) is 29.2 Å².